The normalized spacial score (nSPS) is 10.7. The second kappa shape index (κ2) is 9.61. The highest BCUT2D eigenvalue weighted by molar-refractivity contribution is 14.1. The Morgan fingerprint density at radius 1 is 1.35 bits per heavy atom. The lowest BCUT2D eigenvalue weighted by Crippen LogP contribution is -2.25. The second-order valence-corrected chi connectivity index (χ2v) is 6.16. The first-order valence-electron chi connectivity index (χ1n) is 7.62. The van der Waals surface area contributed by atoms with E-state index in [1.54, 1.807) is 0 Å². The molecule has 1 N–H and O–H groups in total. The lowest BCUT2D eigenvalue weighted by molar-refractivity contribution is -0.121. The lowest BCUT2D eigenvalue weighted by Gasteiger charge is -2.04. The fourth-order valence-electron chi connectivity index (χ4n) is 1.93. The number of ether oxygens (including phenoxy) is 1. The fourth-order valence-corrected chi connectivity index (χ4v) is 2.29. The van der Waals surface area contributed by atoms with E-state index in [1.807, 2.05) is 31.2 Å². The number of carbonyl (C=O) groups is 1. The number of aromatic nitrogens is 2. The third-order valence-electron chi connectivity index (χ3n) is 3.13. The minimum absolute atomic E-state index is 0.0180. The van der Waals surface area contributed by atoms with Gasteiger partial charge in [-0.05, 0) is 48.1 Å². The average molecular weight is 429 g/mol. The third kappa shape index (κ3) is 6.26. The summed E-state index contributed by atoms with van der Waals surface area (Å²) in [5.74, 6) is 1.01. The maximum Gasteiger partial charge on any atom is 0.227 e. The summed E-state index contributed by atoms with van der Waals surface area (Å²) >= 11 is 2.24. The molecule has 0 unspecified atom stereocenters. The van der Waals surface area contributed by atoms with Crippen molar-refractivity contribution in [1.82, 2.24) is 15.5 Å². The molecule has 0 aliphatic carbocycles. The molecule has 0 bridgehead atoms. The van der Waals surface area contributed by atoms with Gasteiger partial charge in [-0.1, -0.05) is 17.3 Å². The topological polar surface area (TPSA) is 77.2 Å². The molecule has 2 aromatic rings. The number of halogens is 1. The van der Waals surface area contributed by atoms with Gasteiger partial charge in [0.15, 0.2) is 0 Å². The first-order chi connectivity index (χ1) is 11.2. The Kier molecular flexibility index (Phi) is 7.47. The SMILES string of the molecule is CCOCCCNC(=O)CCc1nc(-c2ccc(I)cc2)no1. The third-order valence-corrected chi connectivity index (χ3v) is 3.85. The number of benzene rings is 1. The van der Waals surface area contributed by atoms with Crippen molar-refractivity contribution in [2.75, 3.05) is 19.8 Å². The van der Waals surface area contributed by atoms with E-state index in [1.165, 1.54) is 0 Å². The van der Waals surface area contributed by atoms with E-state index < -0.39 is 0 Å². The fraction of sp³-hybridized carbons (Fsp3) is 0.438. The Hall–Kier alpha value is -1.48. The van der Waals surface area contributed by atoms with Crippen LogP contribution in [0.1, 0.15) is 25.7 Å². The molecule has 0 saturated carbocycles. The summed E-state index contributed by atoms with van der Waals surface area (Å²) < 4.78 is 11.6. The van der Waals surface area contributed by atoms with Gasteiger partial charge < -0.3 is 14.6 Å². The molecule has 0 aliphatic heterocycles. The van der Waals surface area contributed by atoms with Crippen molar-refractivity contribution in [3.8, 4) is 11.4 Å². The minimum atomic E-state index is -0.0180. The highest BCUT2D eigenvalue weighted by atomic mass is 127. The van der Waals surface area contributed by atoms with E-state index in [-0.39, 0.29) is 5.91 Å². The van der Waals surface area contributed by atoms with E-state index in [4.69, 9.17) is 9.26 Å². The van der Waals surface area contributed by atoms with Gasteiger partial charge in [-0.15, -0.1) is 0 Å². The Bertz CT molecular complexity index is 613. The molecule has 0 radical (unpaired) electrons. The van der Waals surface area contributed by atoms with Crippen molar-refractivity contribution in [3.63, 3.8) is 0 Å². The number of hydrogen-bond acceptors (Lipinski definition) is 5. The van der Waals surface area contributed by atoms with Crippen LogP contribution in [0, 0.1) is 3.57 Å². The number of nitrogens with zero attached hydrogens (tertiary/aromatic N) is 2. The van der Waals surface area contributed by atoms with Crippen molar-refractivity contribution in [2.24, 2.45) is 0 Å². The number of amides is 1. The Morgan fingerprint density at radius 2 is 2.13 bits per heavy atom. The van der Waals surface area contributed by atoms with Crippen LogP contribution in [0.2, 0.25) is 0 Å². The van der Waals surface area contributed by atoms with Crippen LogP contribution in [0.3, 0.4) is 0 Å². The maximum atomic E-state index is 11.7. The predicted octanol–water partition coefficient (Wildman–Crippen LogP) is 2.82. The minimum Gasteiger partial charge on any atom is -0.382 e. The molecule has 0 aliphatic rings. The Balaban J connectivity index is 1.74. The maximum absolute atomic E-state index is 11.7. The van der Waals surface area contributed by atoms with Crippen molar-refractivity contribution in [2.45, 2.75) is 26.2 Å². The summed E-state index contributed by atoms with van der Waals surface area (Å²) in [4.78, 5) is 16.0. The quantitative estimate of drug-likeness (QED) is 0.490. The van der Waals surface area contributed by atoms with Crippen molar-refractivity contribution < 1.29 is 14.1 Å². The van der Waals surface area contributed by atoms with Crippen LogP contribution in [-0.2, 0) is 16.0 Å². The molecule has 1 amide bonds. The van der Waals surface area contributed by atoms with Crippen LogP contribution in [-0.4, -0.2) is 35.8 Å². The van der Waals surface area contributed by atoms with Crippen LogP contribution in [0.15, 0.2) is 28.8 Å². The van der Waals surface area contributed by atoms with Gasteiger partial charge in [0.2, 0.25) is 17.6 Å². The zero-order valence-corrected chi connectivity index (χ0v) is 15.2. The van der Waals surface area contributed by atoms with E-state index in [0.29, 0.717) is 44.3 Å². The molecule has 124 valence electrons. The first kappa shape index (κ1) is 17.9. The molecule has 23 heavy (non-hydrogen) atoms. The molecule has 7 heteroatoms. The average Bonchev–Trinajstić information content (AvgIpc) is 3.02. The van der Waals surface area contributed by atoms with Crippen molar-refractivity contribution in [1.29, 1.82) is 0 Å². The molecule has 0 atom stereocenters. The summed E-state index contributed by atoms with van der Waals surface area (Å²) in [5, 5.41) is 6.80. The van der Waals surface area contributed by atoms with Crippen LogP contribution in [0.25, 0.3) is 11.4 Å². The first-order valence-corrected chi connectivity index (χ1v) is 8.70. The van der Waals surface area contributed by atoms with E-state index in [9.17, 15) is 4.79 Å². The molecular formula is C16H20IN3O3. The molecule has 0 spiro atoms. The molecule has 2 rings (SSSR count). The summed E-state index contributed by atoms with van der Waals surface area (Å²) in [6.07, 6.45) is 1.59. The zero-order valence-electron chi connectivity index (χ0n) is 13.0. The standard InChI is InChI=1S/C16H20IN3O3/c1-2-22-11-3-10-18-14(21)8-9-15-19-16(20-23-15)12-4-6-13(17)7-5-12/h4-7H,2-3,8-11H2,1H3,(H,18,21). The summed E-state index contributed by atoms with van der Waals surface area (Å²) in [6.45, 7) is 3.94. The number of nitrogens with one attached hydrogen (secondary N) is 1. The second-order valence-electron chi connectivity index (χ2n) is 4.92. The summed E-state index contributed by atoms with van der Waals surface area (Å²) in [6, 6.07) is 7.87. The van der Waals surface area contributed by atoms with Gasteiger partial charge >= 0.3 is 0 Å². The monoisotopic (exact) mass is 429 g/mol. The largest absolute Gasteiger partial charge is 0.382 e. The lowest BCUT2D eigenvalue weighted by atomic mass is 10.2. The van der Waals surface area contributed by atoms with Gasteiger partial charge in [0, 0.05) is 41.7 Å². The predicted molar refractivity (Wildman–Crippen MR) is 94.9 cm³/mol. The van der Waals surface area contributed by atoms with Gasteiger partial charge in [-0.2, -0.15) is 4.98 Å². The molecule has 0 saturated heterocycles. The van der Waals surface area contributed by atoms with Gasteiger partial charge in [0.25, 0.3) is 0 Å². The zero-order chi connectivity index (χ0) is 16.5. The van der Waals surface area contributed by atoms with Gasteiger partial charge in [-0.3, -0.25) is 4.79 Å². The van der Waals surface area contributed by atoms with Gasteiger partial charge in [0.1, 0.15) is 0 Å². The number of hydrogen-bond donors (Lipinski definition) is 1. The van der Waals surface area contributed by atoms with Crippen molar-refractivity contribution in [3.05, 3.63) is 33.7 Å². The molecule has 1 heterocycles. The van der Waals surface area contributed by atoms with Gasteiger partial charge in [-0.25, -0.2) is 0 Å². The smallest absolute Gasteiger partial charge is 0.227 e. The highest BCUT2D eigenvalue weighted by Gasteiger charge is 2.10. The van der Waals surface area contributed by atoms with Crippen LogP contribution < -0.4 is 5.32 Å². The van der Waals surface area contributed by atoms with E-state index in [2.05, 4.69) is 38.0 Å². The molecule has 1 aromatic carbocycles. The van der Waals surface area contributed by atoms with Crippen LogP contribution in [0.5, 0.6) is 0 Å². The molecule has 6 nitrogen and oxygen atoms in total. The highest BCUT2D eigenvalue weighted by Crippen LogP contribution is 2.17. The van der Waals surface area contributed by atoms with Crippen LogP contribution >= 0.6 is 22.6 Å². The summed E-state index contributed by atoms with van der Waals surface area (Å²) in [5.41, 5.74) is 0.904. The summed E-state index contributed by atoms with van der Waals surface area (Å²) in [7, 11) is 0. The number of aryl methyl sites for hydroxylation is 1. The van der Waals surface area contributed by atoms with Crippen LogP contribution in [0.4, 0.5) is 0 Å². The van der Waals surface area contributed by atoms with E-state index >= 15 is 0 Å². The van der Waals surface area contributed by atoms with Crippen molar-refractivity contribution >= 4 is 28.5 Å². The van der Waals surface area contributed by atoms with Gasteiger partial charge in [0.05, 0.1) is 0 Å². The molecule has 0 fully saturated rings. The molecular weight excluding hydrogens is 409 g/mol. The Labute approximate surface area is 149 Å². The van der Waals surface area contributed by atoms with E-state index in [0.717, 1.165) is 15.6 Å². The number of rotatable bonds is 9. The Morgan fingerprint density at radius 3 is 2.87 bits per heavy atom. The number of carbonyl (C=O) groups excluding carboxylic acids is 1. The molecule has 1 aromatic heterocycles.